The molecule has 0 aliphatic heterocycles. The van der Waals surface area contributed by atoms with Crippen LogP contribution in [0.25, 0.3) is 11.2 Å². The van der Waals surface area contributed by atoms with Gasteiger partial charge >= 0.3 is 0 Å². The van der Waals surface area contributed by atoms with Gasteiger partial charge in [0.1, 0.15) is 0 Å². The third-order valence-electron chi connectivity index (χ3n) is 8.72. The maximum Gasteiger partial charge on any atom is 0.282 e. The summed E-state index contributed by atoms with van der Waals surface area (Å²) in [5.74, 6) is -0.0973. The van der Waals surface area contributed by atoms with Crippen LogP contribution >= 0.6 is 0 Å². The standard InChI is InChI=1S/C26H48N6O4Si2/c1-16(2)22(33)28-24-27-21-20(23(34)29-24)30-31-32(21)18-13-17(15-35-37(9,10)25(3,4)5)14-19(18)36-38(11,12)26(6,7)8/h16-19H,13-15H2,1-12H3,(H2,27,28,29,33,34)/t17-,18+,19+/m0/s1. The van der Waals surface area contributed by atoms with E-state index >= 15 is 0 Å². The highest BCUT2D eigenvalue weighted by Gasteiger charge is 2.46. The van der Waals surface area contributed by atoms with Gasteiger partial charge in [-0.15, -0.1) is 5.10 Å². The molecule has 10 nitrogen and oxygen atoms in total. The van der Waals surface area contributed by atoms with Crippen molar-refractivity contribution in [3.05, 3.63) is 10.4 Å². The Bertz CT molecular complexity index is 1210. The van der Waals surface area contributed by atoms with E-state index in [1.807, 2.05) is 0 Å². The molecule has 0 aromatic carbocycles. The van der Waals surface area contributed by atoms with Gasteiger partial charge in [-0.1, -0.05) is 60.6 Å². The number of rotatable bonds is 8. The summed E-state index contributed by atoms with van der Waals surface area (Å²) in [4.78, 5) is 32.2. The molecular weight excluding hydrogens is 516 g/mol. The van der Waals surface area contributed by atoms with Crippen molar-refractivity contribution < 1.29 is 13.6 Å². The van der Waals surface area contributed by atoms with E-state index < -0.39 is 22.2 Å². The minimum absolute atomic E-state index is 0.0431. The topological polar surface area (TPSA) is 124 Å². The van der Waals surface area contributed by atoms with Crippen LogP contribution in [0.5, 0.6) is 0 Å². The molecule has 38 heavy (non-hydrogen) atoms. The molecule has 2 N–H and O–H groups in total. The second-order valence-electron chi connectivity index (χ2n) is 14.2. The third-order valence-corrected chi connectivity index (χ3v) is 17.7. The summed E-state index contributed by atoms with van der Waals surface area (Å²) >= 11 is 0. The Kier molecular flexibility index (Phi) is 8.54. The molecule has 214 valence electrons. The van der Waals surface area contributed by atoms with Gasteiger partial charge in [0.05, 0.1) is 12.1 Å². The van der Waals surface area contributed by atoms with Crippen LogP contribution in [0.3, 0.4) is 0 Å². The second-order valence-corrected chi connectivity index (χ2v) is 23.7. The highest BCUT2D eigenvalue weighted by Crippen LogP contribution is 2.45. The molecular formula is C26H48N6O4Si2. The molecule has 1 amide bonds. The van der Waals surface area contributed by atoms with Crippen LogP contribution in [0.15, 0.2) is 4.79 Å². The zero-order chi connectivity index (χ0) is 28.8. The highest BCUT2D eigenvalue weighted by atomic mass is 28.4. The van der Waals surface area contributed by atoms with Gasteiger partial charge in [-0.2, -0.15) is 4.98 Å². The lowest BCUT2D eigenvalue weighted by atomic mass is 10.1. The highest BCUT2D eigenvalue weighted by molar-refractivity contribution is 6.74. The molecule has 3 atom stereocenters. The largest absolute Gasteiger partial charge is 0.417 e. The fourth-order valence-electron chi connectivity index (χ4n) is 4.08. The number of carbonyl (C=O) groups is 1. The van der Waals surface area contributed by atoms with E-state index in [-0.39, 0.29) is 51.4 Å². The number of amides is 1. The van der Waals surface area contributed by atoms with Crippen LogP contribution in [-0.4, -0.2) is 60.2 Å². The van der Waals surface area contributed by atoms with Gasteiger partial charge in [0.2, 0.25) is 11.9 Å². The fraction of sp³-hybridized carbons (Fsp3) is 0.808. The average molecular weight is 565 g/mol. The lowest BCUT2D eigenvalue weighted by Crippen LogP contribution is -2.45. The molecule has 2 aromatic rings. The van der Waals surface area contributed by atoms with Crippen molar-refractivity contribution in [1.29, 1.82) is 0 Å². The molecule has 3 rings (SSSR count). The Morgan fingerprint density at radius 3 is 2.24 bits per heavy atom. The van der Waals surface area contributed by atoms with Gasteiger partial charge in [0.15, 0.2) is 27.8 Å². The van der Waals surface area contributed by atoms with Crippen LogP contribution in [0, 0.1) is 11.8 Å². The van der Waals surface area contributed by atoms with E-state index in [9.17, 15) is 9.59 Å². The average Bonchev–Trinajstić information content (AvgIpc) is 3.34. The number of anilines is 1. The van der Waals surface area contributed by atoms with Crippen molar-refractivity contribution >= 4 is 39.7 Å². The first-order chi connectivity index (χ1) is 17.2. The summed E-state index contributed by atoms with van der Waals surface area (Å²) in [7, 11) is -4.01. The number of aromatic nitrogens is 5. The summed E-state index contributed by atoms with van der Waals surface area (Å²) < 4.78 is 15.3. The molecule has 2 heterocycles. The first-order valence-corrected chi connectivity index (χ1v) is 19.5. The summed E-state index contributed by atoms with van der Waals surface area (Å²) in [6.45, 7) is 26.7. The van der Waals surface area contributed by atoms with Crippen LogP contribution in [-0.2, 0) is 13.6 Å². The molecule has 1 aliphatic rings. The normalized spacial score (nSPS) is 21.4. The van der Waals surface area contributed by atoms with Crippen LogP contribution < -0.4 is 10.9 Å². The maximum absolute atomic E-state index is 12.8. The molecule has 0 saturated heterocycles. The fourth-order valence-corrected chi connectivity index (χ4v) is 6.53. The first-order valence-electron chi connectivity index (χ1n) is 13.7. The van der Waals surface area contributed by atoms with Crippen molar-refractivity contribution in [1.82, 2.24) is 25.0 Å². The number of nitrogens with zero attached hydrogens (tertiary/aromatic N) is 4. The summed E-state index contributed by atoms with van der Waals surface area (Å²) in [5.41, 5.74) is 0.0742. The third kappa shape index (κ3) is 6.45. The monoisotopic (exact) mass is 564 g/mol. The van der Waals surface area contributed by atoms with Crippen molar-refractivity contribution in [3.63, 3.8) is 0 Å². The number of H-pyrrole nitrogens is 1. The van der Waals surface area contributed by atoms with Crippen LogP contribution in [0.4, 0.5) is 5.95 Å². The van der Waals surface area contributed by atoms with E-state index in [0.29, 0.717) is 12.3 Å². The van der Waals surface area contributed by atoms with Crippen molar-refractivity contribution in [2.24, 2.45) is 11.8 Å². The number of hydrogen-bond acceptors (Lipinski definition) is 7. The first kappa shape index (κ1) is 30.6. The van der Waals surface area contributed by atoms with Gasteiger partial charge in [-0.05, 0) is 55.0 Å². The Hall–Kier alpha value is -1.90. The van der Waals surface area contributed by atoms with Crippen LogP contribution in [0.2, 0.25) is 36.3 Å². The molecule has 0 spiro atoms. The summed E-state index contributed by atoms with van der Waals surface area (Å²) in [5, 5.41) is 11.4. The van der Waals surface area contributed by atoms with E-state index in [1.165, 1.54) is 0 Å². The molecule has 0 radical (unpaired) electrons. The smallest absolute Gasteiger partial charge is 0.282 e. The molecule has 0 unspecified atom stereocenters. The van der Waals surface area contributed by atoms with Crippen molar-refractivity contribution in [2.45, 2.75) is 117 Å². The predicted octanol–water partition coefficient (Wildman–Crippen LogP) is 5.47. The van der Waals surface area contributed by atoms with E-state index in [0.717, 1.165) is 12.8 Å². The maximum atomic E-state index is 12.8. The summed E-state index contributed by atoms with van der Waals surface area (Å²) in [6.07, 6.45) is 1.52. The van der Waals surface area contributed by atoms with Crippen molar-refractivity contribution in [3.8, 4) is 0 Å². The molecule has 1 saturated carbocycles. The van der Waals surface area contributed by atoms with Gasteiger partial charge in [-0.25, -0.2) is 4.68 Å². The van der Waals surface area contributed by atoms with Gasteiger partial charge < -0.3 is 8.85 Å². The van der Waals surface area contributed by atoms with Gasteiger partial charge in [0.25, 0.3) is 5.56 Å². The minimum Gasteiger partial charge on any atom is -0.417 e. The lowest BCUT2D eigenvalue weighted by Gasteiger charge is -2.39. The Morgan fingerprint density at radius 2 is 1.68 bits per heavy atom. The van der Waals surface area contributed by atoms with Gasteiger partial charge in [-0.3, -0.25) is 19.9 Å². The Labute approximate surface area is 228 Å². The zero-order valence-electron chi connectivity index (χ0n) is 25.4. The Morgan fingerprint density at radius 1 is 1.08 bits per heavy atom. The Balaban J connectivity index is 1.98. The lowest BCUT2D eigenvalue weighted by molar-refractivity contribution is -0.118. The molecule has 1 aliphatic carbocycles. The quantitative estimate of drug-likeness (QED) is 0.407. The number of aromatic amines is 1. The molecule has 12 heteroatoms. The second kappa shape index (κ2) is 10.6. The summed E-state index contributed by atoms with van der Waals surface area (Å²) in [6, 6.07) is -0.148. The van der Waals surface area contributed by atoms with E-state index in [1.54, 1.807) is 18.5 Å². The number of nitrogens with one attached hydrogen (secondary N) is 2. The zero-order valence-corrected chi connectivity index (χ0v) is 27.4. The number of hydrogen-bond donors (Lipinski definition) is 2. The minimum atomic E-state index is -2.11. The molecule has 0 bridgehead atoms. The van der Waals surface area contributed by atoms with E-state index in [2.05, 4.69) is 93.3 Å². The van der Waals surface area contributed by atoms with Gasteiger partial charge in [0, 0.05) is 12.5 Å². The number of fused-ring (bicyclic) bond motifs is 1. The molecule has 2 aromatic heterocycles. The van der Waals surface area contributed by atoms with Crippen LogP contribution in [0.1, 0.15) is 74.3 Å². The van der Waals surface area contributed by atoms with E-state index in [4.69, 9.17) is 8.85 Å². The van der Waals surface area contributed by atoms with Crippen molar-refractivity contribution in [2.75, 3.05) is 11.9 Å². The number of carbonyl (C=O) groups excluding carboxylic acids is 1. The predicted molar refractivity (Wildman–Crippen MR) is 156 cm³/mol. The SMILES string of the molecule is CC(C)C(=O)Nc1nc2c(nnn2[C@@H]2C[C@H](CO[Si](C)(C)C(C)(C)C)C[C@H]2O[Si](C)(C)C(C)(C)C)c(=O)[nH]1. The molecule has 1 fully saturated rings.